The number of hydrogen-bond acceptors (Lipinski definition) is 3. The topological polar surface area (TPSA) is 32.3 Å². The van der Waals surface area contributed by atoms with E-state index in [0.717, 1.165) is 6.07 Å². The maximum atomic E-state index is 13.9. The van der Waals surface area contributed by atoms with Crippen LogP contribution in [-0.4, -0.2) is 34.9 Å². The van der Waals surface area contributed by atoms with Crippen LogP contribution in [0.2, 0.25) is 0 Å². The minimum atomic E-state index is -0.635. The van der Waals surface area contributed by atoms with Crippen molar-refractivity contribution >= 4 is 17.7 Å². The van der Waals surface area contributed by atoms with Gasteiger partial charge in [0, 0.05) is 22.9 Å². The molecule has 1 aliphatic rings. The molecule has 0 radical (unpaired) electrons. The summed E-state index contributed by atoms with van der Waals surface area (Å²) in [6, 6.07) is 3.44. The van der Waals surface area contributed by atoms with Crippen molar-refractivity contribution in [3.8, 4) is 0 Å². The molecule has 1 heterocycles. The fourth-order valence-corrected chi connectivity index (χ4v) is 2.46. The summed E-state index contributed by atoms with van der Waals surface area (Å²) in [6.45, 7) is 4.73. The average molecular weight is 300 g/mol. The molecule has 1 N–H and O–H groups in total. The lowest BCUT2D eigenvalue weighted by Gasteiger charge is -2.32. The molecule has 1 saturated heterocycles. The molecule has 6 heteroatoms. The Labute approximate surface area is 121 Å². The molecule has 1 atom stereocenters. The second kappa shape index (κ2) is 5.69. The molecular formula is C14H18F2N2OS. The molecule has 0 aromatic heterocycles. The normalized spacial score (nSPS) is 19.8. The van der Waals surface area contributed by atoms with Gasteiger partial charge < -0.3 is 4.90 Å². The third-order valence-corrected chi connectivity index (χ3v) is 4.67. The van der Waals surface area contributed by atoms with E-state index in [1.54, 1.807) is 16.7 Å². The monoisotopic (exact) mass is 300 g/mol. The standard InChI is InChI=1S/C14H18F2N2OS/c1-14(2,20-3)8-18-12(19)7-17-13(18)10-5-4-9(15)6-11(10)16/h4-6,13,17H,7-8H2,1-3H3. The third-order valence-electron chi connectivity index (χ3n) is 3.44. The summed E-state index contributed by atoms with van der Waals surface area (Å²) in [7, 11) is 0. The zero-order valence-electron chi connectivity index (χ0n) is 11.7. The fraction of sp³-hybridized carbons (Fsp3) is 0.500. The highest BCUT2D eigenvalue weighted by Gasteiger charge is 2.36. The zero-order valence-corrected chi connectivity index (χ0v) is 12.6. The van der Waals surface area contributed by atoms with Gasteiger partial charge in [0.15, 0.2) is 0 Å². The molecule has 0 spiro atoms. The second-order valence-electron chi connectivity index (χ2n) is 5.43. The minimum Gasteiger partial charge on any atom is -0.320 e. The predicted molar refractivity (Wildman–Crippen MR) is 76.4 cm³/mol. The molecule has 2 rings (SSSR count). The highest BCUT2D eigenvalue weighted by atomic mass is 32.2. The molecule has 3 nitrogen and oxygen atoms in total. The van der Waals surface area contributed by atoms with Gasteiger partial charge in [0.1, 0.15) is 17.8 Å². The Morgan fingerprint density at radius 2 is 2.15 bits per heavy atom. The summed E-state index contributed by atoms with van der Waals surface area (Å²) < 4.78 is 26.8. The molecule has 0 saturated carbocycles. The van der Waals surface area contributed by atoms with Gasteiger partial charge in [-0.1, -0.05) is 0 Å². The van der Waals surface area contributed by atoms with E-state index in [4.69, 9.17) is 0 Å². The Kier molecular flexibility index (Phi) is 4.34. The molecule has 1 aromatic rings. The number of carbonyl (C=O) groups excluding carboxylic acids is 1. The van der Waals surface area contributed by atoms with E-state index in [1.807, 2.05) is 20.1 Å². The van der Waals surface area contributed by atoms with Crippen LogP contribution in [0.25, 0.3) is 0 Å². The van der Waals surface area contributed by atoms with Crippen molar-refractivity contribution in [2.75, 3.05) is 19.3 Å². The van der Waals surface area contributed by atoms with Gasteiger partial charge in [-0.05, 0) is 32.2 Å². The first kappa shape index (κ1) is 15.3. The average Bonchev–Trinajstić information content (AvgIpc) is 2.71. The molecule has 1 aliphatic heterocycles. The maximum absolute atomic E-state index is 13.9. The first-order valence-electron chi connectivity index (χ1n) is 6.37. The SMILES string of the molecule is CSC(C)(C)CN1C(=O)CNC1c1ccc(F)cc1F. The predicted octanol–water partition coefficient (Wildman–Crippen LogP) is 2.54. The number of amides is 1. The highest BCUT2D eigenvalue weighted by Crippen LogP contribution is 2.30. The van der Waals surface area contributed by atoms with Crippen LogP contribution in [0.4, 0.5) is 8.78 Å². The van der Waals surface area contributed by atoms with Gasteiger partial charge in [0.05, 0.1) is 6.54 Å². The summed E-state index contributed by atoms with van der Waals surface area (Å²) in [6.07, 6.45) is 1.44. The van der Waals surface area contributed by atoms with E-state index in [2.05, 4.69) is 5.32 Å². The van der Waals surface area contributed by atoms with Crippen LogP contribution < -0.4 is 5.32 Å². The van der Waals surface area contributed by atoms with E-state index in [-0.39, 0.29) is 17.2 Å². The summed E-state index contributed by atoms with van der Waals surface area (Å²) >= 11 is 1.64. The number of nitrogens with one attached hydrogen (secondary N) is 1. The van der Waals surface area contributed by atoms with Crippen LogP contribution in [0, 0.1) is 11.6 Å². The second-order valence-corrected chi connectivity index (χ2v) is 6.95. The molecule has 0 aliphatic carbocycles. The molecule has 20 heavy (non-hydrogen) atoms. The van der Waals surface area contributed by atoms with Crippen molar-refractivity contribution in [3.63, 3.8) is 0 Å². The van der Waals surface area contributed by atoms with Crippen LogP contribution in [0.5, 0.6) is 0 Å². The van der Waals surface area contributed by atoms with Crippen LogP contribution in [0.1, 0.15) is 25.6 Å². The van der Waals surface area contributed by atoms with Gasteiger partial charge in [-0.3, -0.25) is 10.1 Å². The number of halogens is 2. The number of thioether (sulfide) groups is 1. The van der Waals surface area contributed by atoms with Gasteiger partial charge in [-0.25, -0.2) is 8.78 Å². The Morgan fingerprint density at radius 1 is 1.45 bits per heavy atom. The molecule has 1 aromatic carbocycles. The van der Waals surface area contributed by atoms with Gasteiger partial charge in [0.25, 0.3) is 0 Å². The summed E-state index contributed by atoms with van der Waals surface area (Å²) in [4.78, 5) is 13.6. The number of hydrogen-bond donors (Lipinski definition) is 1. The minimum absolute atomic E-state index is 0.0687. The quantitative estimate of drug-likeness (QED) is 0.927. The van der Waals surface area contributed by atoms with Crippen molar-refractivity contribution in [1.29, 1.82) is 0 Å². The van der Waals surface area contributed by atoms with E-state index in [0.29, 0.717) is 12.1 Å². The number of carbonyl (C=O) groups is 1. The van der Waals surface area contributed by atoms with Crippen molar-refractivity contribution in [2.24, 2.45) is 0 Å². The van der Waals surface area contributed by atoms with E-state index in [1.165, 1.54) is 12.1 Å². The highest BCUT2D eigenvalue weighted by molar-refractivity contribution is 7.99. The molecule has 110 valence electrons. The van der Waals surface area contributed by atoms with Gasteiger partial charge in [-0.15, -0.1) is 0 Å². The molecule has 1 fully saturated rings. The lowest BCUT2D eigenvalue weighted by Crippen LogP contribution is -2.40. The zero-order chi connectivity index (χ0) is 14.9. The van der Waals surface area contributed by atoms with Gasteiger partial charge in [-0.2, -0.15) is 11.8 Å². The Hall–Kier alpha value is -1.14. The maximum Gasteiger partial charge on any atom is 0.238 e. The first-order valence-corrected chi connectivity index (χ1v) is 7.59. The summed E-state index contributed by atoms with van der Waals surface area (Å²) in [5.41, 5.74) is 0.300. The third kappa shape index (κ3) is 3.12. The number of benzene rings is 1. The summed E-state index contributed by atoms with van der Waals surface area (Å²) in [5.74, 6) is -1.32. The Bertz CT molecular complexity index is 522. The molecular weight excluding hydrogens is 282 g/mol. The Balaban J connectivity index is 2.28. The lowest BCUT2D eigenvalue weighted by atomic mass is 10.1. The Morgan fingerprint density at radius 3 is 2.75 bits per heavy atom. The lowest BCUT2D eigenvalue weighted by molar-refractivity contribution is -0.128. The van der Waals surface area contributed by atoms with Crippen molar-refractivity contribution in [2.45, 2.75) is 24.8 Å². The smallest absolute Gasteiger partial charge is 0.238 e. The molecule has 0 bridgehead atoms. The van der Waals surface area contributed by atoms with Crippen molar-refractivity contribution < 1.29 is 13.6 Å². The summed E-state index contributed by atoms with van der Waals surface area (Å²) in [5, 5.41) is 2.98. The first-order chi connectivity index (χ1) is 9.34. The molecule has 1 unspecified atom stereocenters. The van der Waals surface area contributed by atoms with Gasteiger partial charge in [0.2, 0.25) is 5.91 Å². The van der Waals surface area contributed by atoms with Crippen LogP contribution >= 0.6 is 11.8 Å². The van der Waals surface area contributed by atoms with E-state index in [9.17, 15) is 13.6 Å². The van der Waals surface area contributed by atoms with Crippen LogP contribution in [0.15, 0.2) is 18.2 Å². The van der Waals surface area contributed by atoms with Crippen LogP contribution in [0.3, 0.4) is 0 Å². The van der Waals surface area contributed by atoms with Crippen LogP contribution in [-0.2, 0) is 4.79 Å². The van der Waals surface area contributed by atoms with E-state index >= 15 is 0 Å². The number of rotatable bonds is 4. The fourth-order valence-electron chi connectivity index (χ4n) is 2.20. The van der Waals surface area contributed by atoms with E-state index < -0.39 is 17.8 Å². The molecule has 1 amide bonds. The largest absolute Gasteiger partial charge is 0.320 e. The number of nitrogens with zero attached hydrogens (tertiary/aromatic N) is 1. The van der Waals surface area contributed by atoms with Crippen molar-refractivity contribution in [3.05, 3.63) is 35.4 Å². The van der Waals surface area contributed by atoms with Crippen molar-refractivity contribution in [1.82, 2.24) is 10.2 Å². The van der Waals surface area contributed by atoms with Gasteiger partial charge >= 0.3 is 0 Å².